The topological polar surface area (TPSA) is 102 Å². The summed E-state index contributed by atoms with van der Waals surface area (Å²) >= 11 is 0. The van der Waals surface area contributed by atoms with Crippen LogP contribution in [-0.4, -0.2) is 56.4 Å². The summed E-state index contributed by atoms with van der Waals surface area (Å²) in [6.45, 7) is 17.7. The van der Waals surface area contributed by atoms with Crippen molar-refractivity contribution in [1.29, 1.82) is 0 Å². The molecule has 0 aromatic carbocycles. The number of fused-ring (bicyclic) bond motifs is 1. The van der Waals surface area contributed by atoms with E-state index < -0.39 is 24.0 Å². The van der Waals surface area contributed by atoms with Gasteiger partial charge in [-0.3, -0.25) is 4.90 Å². The average molecular weight is 517 g/mol. The van der Waals surface area contributed by atoms with Crippen LogP contribution < -0.4 is 4.90 Å². The summed E-state index contributed by atoms with van der Waals surface area (Å²) in [5, 5.41) is 0.245. The highest BCUT2D eigenvalue weighted by molar-refractivity contribution is 7.90. The fraction of sp³-hybridized carbons (Fsp3) is 0.600. The van der Waals surface area contributed by atoms with Gasteiger partial charge in [0.15, 0.2) is 5.65 Å². The molecule has 2 aromatic heterocycles. The summed E-state index contributed by atoms with van der Waals surface area (Å²) < 4.78 is 29.6. The van der Waals surface area contributed by atoms with Gasteiger partial charge in [-0.25, -0.2) is 23.2 Å². The highest BCUT2D eigenvalue weighted by atomic mass is 32.2. The molecule has 0 bridgehead atoms. The predicted molar refractivity (Wildman–Crippen MR) is 141 cm³/mol. The monoisotopic (exact) mass is 516 g/mol. The molecule has 2 aromatic rings. The minimum absolute atomic E-state index is 0.133. The lowest BCUT2D eigenvalue weighted by molar-refractivity contribution is 0.177. The van der Waals surface area contributed by atoms with Crippen molar-refractivity contribution < 1.29 is 17.9 Å². The zero-order valence-corrected chi connectivity index (χ0v) is 23.9. The average Bonchev–Trinajstić information content (AvgIpc) is 3.13. The molecule has 0 spiro atoms. The number of carbonyl (C=O) groups is 1. The van der Waals surface area contributed by atoms with Crippen LogP contribution in [0.3, 0.4) is 0 Å². The minimum atomic E-state index is -3.64. The molecule has 0 saturated carbocycles. The molecule has 3 rings (SSSR count). The summed E-state index contributed by atoms with van der Waals surface area (Å²) in [4.78, 5) is 27.1. The lowest BCUT2D eigenvalue weighted by Crippen LogP contribution is -2.43. The normalized spacial score (nSPS) is 17.0. The SMILES string of the molecule is CC(C)C1COC(=O)N1c1cc(C#C[Si](C(C)C)(C(C)C)C(C)C)c2cnc(S(C)(=O)=O)nc2n1. The molecule has 1 amide bonds. The lowest BCUT2D eigenvalue weighted by Gasteiger charge is -2.38. The Hall–Kier alpha value is -2.51. The zero-order chi connectivity index (χ0) is 26.3. The maximum absolute atomic E-state index is 12.7. The summed E-state index contributed by atoms with van der Waals surface area (Å²) in [7, 11) is -5.70. The van der Waals surface area contributed by atoms with Gasteiger partial charge in [-0.2, -0.15) is 4.98 Å². The fourth-order valence-electron chi connectivity index (χ4n) is 5.18. The molecule has 3 heterocycles. The van der Waals surface area contributed by atoms with Crippen LogP contribution in [0.15, 0.2) is 17.4 Å². The van der Waals surface area contributed by atoms with E-state index in [1.165, 1.54) is 11.1 Å². The van der Waals surface area contributed by atoms with Gasteiger partial charge < -0.3 is 4.74 Å². The number of hydrogen-bond donors (Lipinski definition) is 0. The van der Waals surface area contributed by atoms with Crippen LogP contribution in [-0.2, 0) is 14.6 Å². The van der Waals surface area contributed by atoms with Gasteiger partial charge in [0.2, 0.25) is 15.0 Å². The highest BCUT2D eigenvalue weighted by Crippen LogP contribution is 2.41. The van der Waals surface area contributed by atoms with Crippen molar-refractivity contribution in [1.82, 2.24) is 15.0 Å². The quantitative estimate of drug-likeness (QED) is 0.303. The van der Waals surface area contributed by atoms with Gasteiger partial charge >= 0.3 is 6.09 Å². The number of nitrogens with zero attached hydrogens (tertiary/aromatic N) is 4. The number of carbonyl (C=O) groups excluding carboxylic acids is 1. The number of amides is 1. The first-order valence-corrected chi connectivity index (χ1v) is 16.2. The second kappa shape index (κ2) is 9.86. The van der Waals surface area contributed by atoms with E-state index >= 15 is 0 Å². The molecule has 0 aliphatic carbocycles. The first-order valence-electron chi connectivity index (χ1n) is 12.1. The first-order chi connectivity index (χ1) is 16.2. The predicted octanol–water partition coefficient (Wildman–Crippen LogP) is 4.98. The molecule has 1 atom stereocenters. The fourth-order valence-corrected chi connectivity index (χ4v) is 10.9. The molecule has 1 fully saturated rings. The third-order valence-electron chi connectivity index (χ3n) is 7.06. The van der Waals surface area contributed by atoms with E-state index in [-0.39, 0.29) is 29.4 Å². The van der Waals surface area contributed by atoms with Gasteiger partial charge in [0, 0.05) is 18.0 Å². The van der Waals surface area contributed by atoms with E-state index in [4.69, 9.17) is 4.74 Å². The Morgan fingerprint density at radius 1 is 1.06 bits per heavy atom. The van der Waals surface area contributed by atoms with Crippen molar-refractivity contribution >= 4 is 40.9 Å². The van der Waals surface area contributed by atoms with Crippen molar-refractivity contribution in [3.05, 3.63) is 17.8 Å². The van der Waals surface area contributed by atoms with Crippen molar-refractivity contribution in [3.8, 4) is 11.5 Å². The van der Waals surface area contributed by atoms with Crippen LogP contribution in [0.1, 0.15) is 61.0 Å². The van der Waals surface area contributed by atoms with Gasteiger partial charge in [-0.05, 0) is 28.6 Å². The zero-order valence-electron chi connectivity index (χ0n) is 22.1. The van der Waals surface area contributed by atoms with E-state index in [1.807, 2.05) is 13.8 Å². The maximum Gasteiger partial charge on any atom is 0.415 e. The van der Waals surface area contributed by atoms with Crippen molar-refractivity contribution in [2.24, 2.45) is 5.92 Å². The molecule has 0 N–H and O–H groups in total. The van der Waals surface area contributed by atoms with E-state index in [2.05, 4.69) is 68.0 Å². The third-order valence-corrected chi connectivity index (χ3v) is 14.2. The maximum atomic E-state index is 12.7. The molecule has 1 unspecified atom stereocenters. The van der Waals surface area contributed by atoms with E-state index in [0.717, 1.165) is 6.26 Å². The van der Waals surface area contributed by atoms with Crippen LogP contribution in [0, 0.1) is 17.4 Å². The van der Waals surface area contributed by atoms with Gasteiger partial charge in [0.05, 0.1) is 11.4 Å². The van der Waals surface area contributed by atoms with E-state index in [1.54, 1.807) is 6.07 Å². The number of anilines is 1. The molecule has 1 aliphatic heterocycles. The lowest BCUT2D eigenvalue weighted by atomic mass is 10.0. The van der Waals surface area contributed by atoms with Crippen LogP contribution in [0.25, 0.3) is 11.0 Å². The molecule has 0 radical (unpaired) electrons. The summed E-state index contributed by atoms with van der Waals surface area (Å²) in [6, 6.07) is 1.58. The molecular weight excluding hydrogens is 480 g/mol. The number of hydrogen-bond acceptors (Lipinski definition) is 7. The Balaban J connectivity index is 2.32. The second-order valence-corrected chi connectivity index (χ2v) is 18.1. The van der Waals surface area contributed by atoms with Crippen molar-refractivity contribution in [3.63, 3.8) is 0 Å². The molecule has 10 heteroatoms. The smallest absolute Gasteiger partial charge is 0.415 e. The van der Waals surface area contributed by atoms with Crippen LogP contribution in [0.2, 0.25) is 16.6 Å². The Bertz CT molecular complexity index is 1270. The van der Waals surface area contributed by atoms with Gasteiger partial charge in [0.1, 0.15) is 20.5 Å². The molecule has 1 aliphatic rings. The molecule has 1 saturated heterocycles. The Labute approximate surface area is 209 Å². The van der Waals surface area contributed by atoms with Gasteiger partial charge in [0.25, 0.3) is 0 Å². The number of ether oxygens (including phenoxy) is 1. The summed E-state index contributed by atoms with van der Waals surface area (Å²) in [5.41, 5.74) is 5.84. The van der Waals surface area contributed by atoms with Crippen LogP contribution in [0.4, 0.5) is 10.6 Å². The molecule has 190 valence electrons. The van der Waals surface area contributed by atoms with Crippen LogP contribution in [0.5, 0.6) is 0 Å². The Morgan fingerprint density at radius 2 is 1.66 bits per heavy atom. The highest BCUT2D eigenvalue weighted by Gasteiger charge is 2.42. The van der Waals surface area contributed by atoms with Crippen LogP contribution >= 0.6 is 0 Å². The minimum Gasteiger partial charge on any atom is -0.447 e. The Morgan fingerprint density at radius 3 is 2.17 bits per heavy atom. The van der Waals surface area contributed by atoms with Gasteiger partial charge in [-0.15, -0.1) is 5.54 Å². The van der Waals surface area contributed by atoms with Crippen molar-refractivity contribution in [2.75, 3.05) is 17.8 Å². The standard InChI is InChI=1S/C25H36N4O4SSi/c1-15(2)21-14-33-25(30)29(21)22-12-19(10-11-35(16(3)4,17(5)6)18(7)8)20-13-26-24(34(9,31)32)28-23(20)27-22/h12-13,15-18,21H,14H2,1-9H3. The van der Waals surface area contributed by atoms with E-state index in [0.29, 0.717) is 33.4 Å². The van der Waals surface area contributed by atoms with E-state index in [9.17, 15) is 13.2 Å². The first kappa shape index (κ1) is 27.1. The Kier molecular flexibility index (Phi) is 7.63. The number of cyclic esters (lactones) is 1. The van der Waals surface area contributed by atoms with Crippen molar-refractivity contribution in [2.45, 2.75) is 83.2 Å². The number of pyridine rings is 1. The third kappa shape index (κ3) is 5.07. The molecule has 35 heavy (non-hydrogen) atoms. The largest absolute Gasteiger partial charge is 0.447 e. The second-order valence-electron chi connectivity index (χ2n) is 10.6. The molecule has 8 nitrogen and oxygen atoms in total. The molecular formula is C25H36N4O4SSi. The number of aromatic nitrogens is 3. The number of sulfone groups is 1. The number of rotatable bonds is 6. The summed E-state index contributed by atoms with van der Waals surface area (Å²) in [6.07, 6.45) is 2.03. The van der Waals surface area contributed by atoms with Gasteiger partial charge in [-0.1, -0.05) is 61.3 Å². The summed E-state index contributed by atoms with van der Waals surface area (Å²) in [5.74, 6) is 3.90.